The molecule has 0 bridgehead atoms. The summed E-state index contributed by atoms with van der Waals surface area (Å²) in [5.41, 5.74) is 0.763. The molecule has 0 aliphatic rings. The molecule has 0 aliphatic carbocycles. The fraction of sp³-hybridized carbons (Fsp3) is 0.583. The van der Waals surface area contributed by atoms with E-state index in [1.807, 2.05) is 14.0 Å². The molecular formula is C12H20N6O2S. The third-order valence-electron chi connectivity index (χ3n) is 3.23. The average Bonchev–Trinajstić information content (AvgIpc) is 2.80. The van der Waals surface area contributed by atoms with Gasteiger partial charge in [0.2, 0.25) is 10.0 Å². The highest BCUT2D eigenvalue weighted by Crippen LogP contribution is 2.17. The van der Waals surface area contributed by atoms with Crippen molar-refractivity contribution in [3.05, 3.63) is 12.5 Å². The van der Waals surface area contributed by atoms with Gasteiger partial charge in [-0.3, -0.25) is 4.68 Å². The van der Waals surface area contributed by atoms with E-state index >= 15 is 0 Å². The summed E-state index contributed by atoms with van der Waals surface area (Å²) >= 11 is 0. The maximum atomic E-state index is 11.5. The summed E-state index contributed by atoms with van der Waals surface area (Å²) < 4.78 is 26.1. The lowest BCUT2D eigenvalue weighted by Gasteiger charge is -2.17. The topological polar surface area (TPSA) is 93.0 Å². The maximum Gasteiger partial charge on any atom is 0.211 e. The van der Waals surface area contributed by atoms with Gasteiger partial charge in [-0.1, -0.05) is 6.92 Å². The molecule has 0 aromatic carbocycles. The SMILES string of the molecule is CCN(CCCNc1ncnc2c1cnn2C)S(C)(=O)=O. The summed E-state index contributed by atoms with van der Waals surface area (Å²) in [5.74, 6) is 0.718. The number of sulfonamides is 1. The van der Waals surface area contributed by atoms with Crippen LogP contribution in [-0.2, 0) is 17.1 Å². The smallest absolute Gasteiger partial charge is 0.211 e. The van der Waals surface area contributed by atoms with Crippen LogP contribution in [0.1, 0.15) is 13.3 Å². The molecule has 0 radical (unpaired) electrons. The van der Waals surface area contributed by atoms with Gasteiger partial charge in [0.15, 0.2) is 5.65 Å². The van der Waals surface area contributed by atoms with Crippen molar-refractivity contribution in [1.82, 2.24) is 24.1 Å². The standard InChI is InChI=1S/C12H20N6O2S/c1-4-18(21(3,19)20)7-5-6-13-11-10-8-16-17(2)12(10)15-9-14-11/h8-9H,4-7H2,1-3H3,(H,13,14,15). The zero-order chi connectivity index (χ0) is 15.5. The molecule has 21 heavy (non-hydrogen) atoms. The number of aromatic nitrogens is 4. The van der Waals surface area contributed by atoms with Crippen molar-refractivity contribution in [2.24, 2.45) is 7.05 Å². The molecule has 0 amide bonds. The van der Waals surface area contributed by atoms with Crippen molar-refractivity contribution >= 4 is 26.9 Å². The van der Waals surface area contributed by atoms with Crippen LogP contribution in [0, 0.1) is 0 Å². The zero-order valence-electron chi connectivity index (χ0n) is 12.4. The Bertz CT molecular complexity index is 712. The first-order chi connectivity index (χ1) is 9.93. The van der Waals surface area contributed by atoms with E-state index in [0.717, 1.165) is 16.9 Å². The van der Waals surface area contributed by atoms with E-state index in [9.17, 15) is 8.42 Å². The molecule has 0 saturated heterocycles. The maximum absolute atomic E-state index is 11.5. The molecule has 2 aromatic heterocycles. The molecule has 8 nitrogen and oxygen atoms in total. The first-order valence-electron chi connectivity index (χ1n) is 6.75. The summed E-state index contributed by atoms with van der Waals surface area (Å²) in [7, 11) is -1.30. The minimum atomic E-state index is -3.12. The van der Waals surface area contributed by atoms with Gasteiger partial charge in [-0.2, -0.15) is 5.10 Å². The van der Waals surface area contributed by atoms with Gasteiger partial charge < -0.3 is 5.32 Å². The number of hydrogen-bond acceptors (Lipinski definition) is 6. The predicted octanol–water partition coefficient (Wildman–Crippen LogP) is 0.447. The van der Waals surface area contributed by atoms with Gasteiger partial charge in [0.1, 0.15) is 12.1 Å². The van der Waals surface area contributed by atoms with Crippen LogP contribution < -0.4 is 5.32 Å². The molecule has 1 N–H and O–H groups in total. The number of fused-ring (bicyclic) bond motifs is 1. The number of nitrogens with one attached hydrogen (secondary N) is 1. The highest BCUT2D eigenvalue weighted by molar-refractivity contribution is 7.88. The van der Waals surface area contributed by atoms with Gasteiger partial charge in [-0.25, -0.2) is 22.7 Å². The number of hydrogen-bond donors (Lipinski definition) is 1. The minimum Gasteiger partial charge on any atom is -0.369 e. The molecule has 0 unspecified atom stereocenters. The van der Waals surface area contributed by atoms with Gasteiger partial charge in [0.25, 0.3) is 0 Å². The van der Waals surface area contributed by atoms with E-state index in [1.165, 1.54) is 16.9 Å². The van der Waals surface area contributed by atoms with Gasteiger partial charge in [0.05, 0.1) is 17.8 Å². The van der Waals surface area contributed by atoms with Gasteiger partial charge in [0, 0.05) is 26.7 Å². The monoisotopic (exact) mass is 312 g/mol. The molecule has 0 saturated carbocycles. The van der Waals surface area contributed by atoms with Gasteiger partial charge in [-0.15, -0.1) is 0 Å². The predicted molar refractivity (Wildman–Crippen MR) is 81.5 cm³/mol. The average molecular weight is 312 g/mol. The largest absolute Gasteiger partial charge is 0.369 e. The van der Waals surface area contributed by atoms with E-state index in [0.29, 0.717) is 26.1 Å². The first-order valence-corrected chi connectivity index (χ1v) is 8.60. The van der Waals surface area contributed by atoms with Gasteiger partial charge in [-0.05, 0) is 6.42 Å². The van der Waals surface area contributed by atoms with Crippen LogP contribution in [0.25, 0.3) is 11.0 Å². The number of rotatable bonds is 7. The molecule has 2 aromatic rings. The van der Waals surface area contributed by atoms with Crippen LogP contribution in [-0.4, -0.2) is 58.4 Å². The van der Waals surface area contributed by atoms with Crippen molar-refractivity contribution in [2.75, 3.05) is 31.2 Å². The van der Waals surface area contributed by atoms with E-state index < -0.39 is 10.0 Å². The number of nitrogens with zero attached hydrogens (tertiary/aromatic N) is 5. The number of aryl methyl sites for hydroxylation is 1. The van der Waals surface area contributed by atoms with Crippen LogP contribution in [0.5, 0.6) is 0 Å². The summed E-state index contributed by atoms with van der Waals surface area (Å²) in [4.78, 5) is 8.36. The van der Waals surface area contributed by atoms with E-state index in [-0.39, 0.29) is 0 Å². The molecular weight excluding hydrogens is 292 g/mol. The molecule has 0 spiro atoms. The van der Waals surface area contributed by atoms with Gasteiger partial charge >= 0.3 is 0 Å². The van der Waals surface area contributed by atoms with Crippen LogP contribution in [0.15, 0.2) is 12.5 Å². The Morgan fingerprint density at radius 3 is 2.81 bits per heavy atom. The molecule has 9 heteroatoms. The molecule has 116 valence electrons. The second-order valence-electron chi connectivity index (χ2n) is 4.76. The Hall–Kier alpha value is -1.74. The molecule has 2 rings (SSSR count). The molecule has 0 aliphatic heterocycles. The molecule has 2 heterocycles. The first kappa shape index (κ1) is 15.6. The van der Waals surface area contributed by atoms with E-state index in [4.69, 9.17) is 0 Å². The second kappa shape index (κ2) is 6.35. The lowest BCUT2D eigenvalue weighted by Crippen LogP contribution is -2.31. The van der Waals surface area contributed by atoms with Crippen LogP contribution >= 0.6 is 0 Å². The lowest BCUT2D eigenvalue weighted by molar-refractivity contribution is 0.428. The Morgan fingerprint density at radius 2 is 2.14 bits per heavy atom. The Balaban J connectivity index is 1.94. The number of anilines is 1. The van der Waals surface area contributed by atoms with Crippen molar-refractivity contribution in [1.29, 1.82) is 0 Å². The van der Waals surface area contributed by atoms with Crippen molar-refractivity contribution in [2.45, 2.75) is 13.3 Å². The fourth-order valence-corrected chi connectivity index (χ4v) is 3.05. The van der Waals surface area contributed by atoms with E-state index in [1.54, 1.807) is 10.9 Å². The third kappa shape index (κ3) is 3.67. The van der Waals surface area contributed by atoms with Crippen molar-refractivity contribution in [3.63, 3.8) is 0 Å². The highest BCUT2D eigenvalue weighted by Gasteiger charge is 2.13. The second-order valence-corrected chi connectivity index (χ2v) is 6.75. The Morgan fingerprint density at radius 1 is 1.38 bits per heavy atom. The van der Waals surface area contributed by atoms with Crippen molar-refractivity contribution < 1.29 is 8.42 Å². The minimum absolute atomic E-state index is 0.485. The fourth-order valence-electron chi connectivity index (χ4n) is 2.12. The third-order valence-corrected chi connectivity index (χ3v) is 4.61. The van der Waals surface area contributed by atoms with Crippen LogP contribution in [0.4, 0.5) is 5.82 Å². The quantitative estimate of drug-likeness (QED) is 0.746. The normalized spacial score (nSPS) is 12.2. The zero-order valence-corrected chi connectivity index (χ0v) is 13.3. The highest BCUT2D eigenvalue weighted by atomic mass is 32.2. The summed E-state index contributed by atoms with van der Waals surface area (Å²) in [5, 5.41) is 8.21. The summed E-state index contributed by atoms with van der Waals surface area (Å²) in [6.45, 7) is 3.44. The summed E-state index contributed by atoms with van der Waals surface area (Å²) in [6, 6.07) is 0. The molecule has 0 atom stereocenters. The van der Waals surface area contributed by atoms with E-state index in [2.05, 4.69) is 20.4 Å². The summed E-state index contributed by atoms with van der Waals surface area (Å²) in [6.07, 6.45) is 5.13. The van der Waals surface area contributed by atoms with Crippen molar-refractivity contribution in [3.8, 4) is 0 Å². The van der Waals surface area contributed by atoms with Crippen LogP contribution in [0.2, 0.25) is 0 Å². The Kier molecular flexibility index (Phi) is 4.73. The lowest BCUT2D eigenvalue weighted by atomic mass is 10.3. The molecule has 0 fully saturated rings. The Labute approximate surface area is 124 Å². The van der Waals surface area contributed by atoms with Crippen LogP contribution in [0.3, 0.4) is 0 Å².